The molecule has 0 saturated heterocycles. The molecule has 0 rings (SSSR count). The molecule has 1 unspecified atom stereocenters. The molecule has 0 spiro atoms. The number of rotatable bonds is 6. The van der Waals surface area contributed by atoms with Crippen molar-refractivity contribution < 1.29 is 29.6 Å². The first-order valence-corrected chi connectivity index (χ1v) is 8.64. The molecule has 90 valence electrons. The Hall–Kier alpha value is 0.0300. The predicted octanol–water partition coefficient (Wildman–Crippen LogP) is -0.732. The number of hydrogen-bond donors (Lipinski definition) is 1. The number of allylic oxidation sites excluding steroid dienone is 1. The number of esters is 1. The summed E-state index contributed by atoms with van der Waals surface area (Å²) in [7, 11) is 7.16. The van der Waals surface area contributed by atoms with Crippen molar-refractivity contribution in [1.82, 2.24) is 5.32 Å². The summed E-state index contributed by atoms with van der Waals surface area (Å²) in [6.07, 6.45) is 2.75. The number of carbonyl (C=O) groups excluding carboxylic acids is 1. The Morgan fingerprint density at radius 1 is 1.67 bits per heavy atom. The van der Waals surface area contributed by atoms with Crippen LogP contribution in [0.3, 0.4) is 0 Å². The SMILES string of the molecule is CCC(C)[C@H](N/C=C(/C)[I-]Cl)C(=O)OC. The zero-order valence-electron chi connectivity index (χ0n) is 9.51. The summed E-state index contributed by atoms with van der Waals surface area (Å²) < 4.78 is 5.85. The summed E-state index contributed by atoms with van der Waals surface area (Å²) in [5.41, 5.74) is 0. The molecule has 3 nitrogen and oxygen atoms in total. The molecule has 0 amide bonds. The van der Waals surface area contributed by atoms with Gasteiger partial charge in [-0.25, -0.2) is 0 Å². The second-order valence-corrected chi connectivity index (χ2v) is 6.42. The van der Waals surface area contributed by atoms with E-state index in [2.05, 4.69) is 5.32 Å². The Labute approximate surface area is 106 Å². The molecule has 0 bridgehead atoms. The molecule has 0 aromatic rings. The van der Waals surface area contributed by atoms with E-state index in [1.165, 1.54) is 7.11 Å². The number of halogens is 2. The molecule has 0 saturated carbocycles. The first kappa shape index (κ1) is 15.0. The quantitative estimate of drug-likeness (QED) is 0.509. The topological polar surface area (TPSA) is 38.3 Å². The van der Waals surface area contributed by atoms with Crippen LogP contribution in [0.4, 0.5) is 0 Å². The van der Waals surface area contributed by atoms with E-state index in [9.17, 15) is 4.79 Å². The Bertz CT molecular complexity index is 233. The van der Waals surface area contributed by atoms with Crippen LogP contribution in [-0.2, 0) is 9.53 Å². The average molecular weight is 347 g/mol. The van der Waals surface area contributed by atoms with Crippen molar-refractivity contribution >= 4 is 14.9 Å². The van der Waals surface area contributed by atoms with Crippen LogP contribution < -0.4 is 25.4 Å². The predicted molar refractivity (Wildman–Crippen MR) is 58.0 cm³/mol. The van der Waals surface area contributed by atoms with Gasteiger partial charge in [0.05, 0.1) is 0 Å². The third kappa shape index (κ3) is 5.61. The molecule has 5 heteroatoms. The van der Waals surface area contributed by atoms with Crippen LogP contribution in [0.1, 0.15) is 27.2 Å². The monoisotopic (exact) mass is 346 g/mol. The third-order valence-corrected chi connectivity index (χ3v) is 4.71. The van der Waals surface area contributed by atoms with Crippen molar-refractivity contribution in [2.45, 2.75) is 33.2 Å². The van der Waals surface area contributed by atoms with Crippen molar-refractivity contribution in [3.05, 3.63) is 9.78 Å². The van der Waals surface area contributed by atoms with Crippen LogP contribution in [0.25, 0.3) is 0 Å². The number of carbonyl (C=O) groups is 1. The van der Waals surface area contributed by atoms with Gasteiger partial charge >= 0.3 is 106 Å². The van der Waals surface area contributed by atoms with Gasteiger partial charge in [0.1, 0.15) is 0 Å². The first-order chi connectivity index (χ1) is 7.06. The van der Waals surface area contributed by atoms with Crippen LogP contribution in [-0.4, -0.2) is 19.1 Å². The summed E-state index contributed by atoms with van der Waals surface area (Å²) in [4.78, 5) is 11.5. The Morgan fingerprint density at radius 2 is 2.27 bits per heavy atom. The van der Waals surface area contributed by atoms with Crippen LogP contribution in [0.15, 0.2) is 9.78 Å². The van der Waals surface area contributed by atoms with Gasteiger partial charge in [-0.05, 0) is 0 Å². The zero-order chi connectivity index (χ0) is 11.8. The summed E-state index contributed by atoms with van der Waals surface area (Å²) >= 11 is -0.417. The van der Waals surface area contributed by atoms with E-state index in [0.717, 1.165) is 10.0 Å². The van der Waals surface area contributed by atoms with Crippen molar-refractivity contribution in [3.63, 3.8) is 0 Å². The van der Waals surface area contributed by atoms with E-state index in [-0.39, 0.29) is 17.9 Å². The van der Waals surface area contributed by atoms with Crippen LogP contribution in [0.2, 0.25) is 0 Å². The fraction of sp³-hybridized carbons (Fsp3) is 0.700. The second-order valence-electron chi connectivity index (χ2n) is 3.36. The van der Waals surface area contributed by atoms with Crippen molar-refractivity contribution in [3.8, 4) is 0 Å². The number of hydrogen-bond acceptors (Lipinski definition) is 3. The van der Waals surface area contributed by atoms with E-state index in [1.807, 2.05) is 27.0 Å². The standard InChI is InChI=1S/C10H18ClINO2/c1-5-7(2)9(10(14)15-4)13-6-8(3)12-11/h6-7,9,13H,5H2,1-4H3/q-1/b8-6-/t7?,9-/m0/s1. The zero-order valence-corrected chi connectivity index (χ0v) is 12.4. The number of nitrogens with one attached hydrogen (secondary N) is 1. The summed E-state index contributed by atoms with van der Waals surface area (Å²) in [5, 5.41) is 3.08. The Balaban J connectivity index is 4.44. The molecule has 0 aromatic carbocycles. The van der Waals surface area contributed by atoms with E-state index in [1.54, 1.807) is 0 Å². The van der Waals surface area contributed by atoms with Gasteiger partial charge in [-0.1, -0.05) is 0 Å². The number of ether oxygens (including phenoxy) is 1. The van der Waals surface area contributed by atoms with E-state index >= 15 is 0 Å². The molecular formula is C10H18ClINO2-. The van der Waals surface area contributed by atoms with Crippen LogP contribution in [0, 0.1) is 5.92 Å². The molecule has 0 aliphatic heterocycles. The fourth-order valence-corrected chi connectivity index (χ4v) is 1.63. The summed E-state index contributed by atoms with van der Waals surface area (Å²) in [6.45, 7) is 6.03. The molecule has 2 atom stereocenters. The van der Waals surface area contributed by atoms with Gasteiger partial charge in [0.15, 0.2) is 0 Å². The van der Waals surface area contributed by atoms with Crippen molar-refractivity contribution in [2.75, 3.05) is 7.11 Å². The minimum absolute atomic E-state index is 0.221. The maximum absolute atomic E-state index is 11.5. The molecule has 0 heterocycles. The maximum atomic E-state index is 11.5. The molecule has 0 fully saturated rings. The first-order valence-electron chi connectivity index (χ1n) is 4.83. The van der Waals surface area contributed by atoms with Crippen molar-refractivity contribution in [1.29, 1.82) is 0 Å². The van der Waals surface area contributed by atoms with Gasteiger partial charge in [0.25, 0.3) is 0 Å². The average Bonchev–Trinajstić information content (AvgIpc) is 2.27. The minimum atomic E-state index is -0.417. The fourth-order valence-electron chi connectivity index (χ4n) is 1.05. The van der Waals surface area contributed by atoms with Crippen LogP contribution in [0.5, 0.6) is 0 Å². The number of methoxy groups -OCH3 is 1. The van der Waals surface area contributed by atoms with Gasteiger partial charge in [0, 0.05) is 0 Å². The molecule has 15 heavy (non-hydrogen) atoms. The van der Waals surface area contributed by atoms with E-state index in [0.29, 0.717) is 0 Å². The molecule has 0 radical (unpaired) electrons. The van der Waals surface area contributed by atoms with Gasteiger partial charge in [0.2, 0.25) is 0 Å². The van der Waals surface area contributed by atoms with Crippen molar-refractivity contribution in [2.24, 2.45) is 5.92 Å². The Kier molecular flexibility index (Phi) is 8.23. The molecule has 1 N–H and O–H groups in total. The molecule has 0 aliphatic carbocycles. The van der Waals surface area contributed by atoms with Crippen LogP contribution >= 0.6 is 8.91 Å². The third-order valence-electron chi connectivity index (χ3n) is 2.24. The van der Waals surface area contributed by atoms with E-state index in [4.69, 9.17) is 13.6 Å². The van der Waals surface area contributed by atoms with E-state index < -0.39 is 20.1 Å². The summed E-state index contributed by atoms with van der Waals surface area (Å²) in [6, 6.07) is -0.276. The molecule has 0 aromatic heterocycles. The molecular weight excluding hydrogens is 328 g/mol. The Morgan fingerprint density at radius 3 is 2.67 bits per heavy atom. The molecule has 0 aliphatic rings. The normalized spacial score (nSPS) is 15.9. The summed E-state index contributed by atoms with van der Waals surface area (Å²) in [5.74, 6) is 0.0243. The van der Waals surface area contributed by atoms with Gasteiger partial charge in [-0.3, -0.25) is 0 Å². The second kappa shape index (κ2) is 8.21. The van der Waals surface area contributed by atoms with Gasteiger partial charge < -0.3 is 0 Å². The van der Waals surface area contributed by atoms with Gasteiger partial charge in [-0.15, -0.1) is 0 Å². The van der Waals surface area contributed by atoms with Gasteiger partial charge in [-0.2, -0.15) is 0 Å².